The number of hydrogen-bond donors (Lipinski definition) is 1. The highest BCUT2D eigenvalue weighted by molar-refractivity contribution is 6.29. The van der Waals surface area contributed by atoms with Crippen LogP contribution in [0.2, 0.25) is 5.15 Å². The van der Waals surface area contributed by atoms with E-state index in [1.165, 1.54) is 12.8 Å². The fourth-order valence-corrected chi connectivity index (χ4v) is 3.24. The van der Waals surface area contributed by atoms with Crippen molar-refractivity contribution in [1.82, 2.24) is 9.88 Å². The third kappa shape index (κ3) is 2.17. The second-order valence-corrected chi connectivity index (χ2v) is 5.43. The van der Waals surface area contributed by atoms with Crippen molar-refractivity contribution < 1.29 is 4.79 Å². The van der Waals surface area contributed by atoms with Crippen LogP contribution in [-0.4, -0.2) is 28.5 Å². The van der Waals surface area contributed by atoms with E-state index in [2.05, 4.69) is 10.3 Å². The molecular formula is C13H16ClN3O. The smallest absolute Gasteiger partial charge is 0.321 e. The minimum Gasteiger partial charge on any atom is -0.321 e. The van der Waals surface area contributed by atoms with Crippen molar-refractivity contribution in [2.24, 2.45) is 5.92 Å². The number of nitrogens with zero attached hydrogens (tertiary/aromatic N) is 2. The molecule has 3 rings (SSSR count). The lowest BCUT2D eigenvalue weighted by molar-refractivity contribution is 0.203. The molecule has 0 spiro atoms. The maximum atomic E-state index is 12.2. The van der Waals surface area contributed by atoms with Gasteiger partial charge >= 0.3 is 6.03 Å². The predicted octanol–water partition coefficient (Wildman–Crippen LogP) is 3.14. The first-order valence-corrected chi connectivity index (χ1v) is 6.81. The molecule has 2 heterocycles. The summed E-state index contributed by atoms with van der Waals surface area (Å²) in [6, 6.07) is 3.90. The number of fused-ring (bicyclic) bond motifs is 1. The lowest BCUT2D eigenvalue weighted by atomic mass is 10.1. The molecule has 1 aromatic rings. The maximum absolute atomic E-state index is 12.2. The second-order valence-electron chi connectivity index (χ2n) is 5.04. The van der Waals surface area contributed by atoms with Crippen LogP contribution in [-0.2, 0) is 0 Å². The van der Waals surface area contributed by atoms with Gasteiger partial charge in [0.2, 0.25) is 0 Å². The van der Waals surface area contributed by atoms with E-state index < -0.39 is 0 Å². The Bertz CT molecular complexity index is 448. The van der Waals surface area contributed by atoms with Gasteiger partial charge in [0.05, 0.1) is 11.9 Å². The molecule has 2 fully saturated rings. The van der Waals surface area contributed by atoms with Gasteiger partial charge in [0.15, 0.2) is 0 Å². The zero-order valence-electron chi connectivity index (χ0n) is 10.1. The lowest BCUT2D eigenvalue weighted by Crippen LogP contribution is -2.39. The summed E-state index contributed by atoms with van der Waals surface area (Å²) in [6.45, 7) is 0.877. The SMILES string of the molecule is O=C(Nc1ccc(Cl)nc1)N1CCC2CCCC21. The number of hydrogen-bond acceptors (Lipinski definition) is 2. The van der Waals surface area contributed by atoms with Crippen molar-refractivity contribution in [2.45, 2.75) is 31.7 Å². The summed E-state index contributed by atoms with van der Waals surface area (Å²) < 4.78 is 0. The average molecular weight is 266 g/mol. The summed E-state index contributed by atoms with van der Waals surface area (Å²) in [5.41, 5.74) is 0.700. The summed E-state index contributed by atoms with van der Waals surface area (Å²) >= 11 is 5.71. The quantitative estimate of drug-likeness (QED) is 0.793. The number of aromatic nitrogens is 1. The zero-order valence-corrected chi connectivity index (χ0v) is 10.9. The molecule has 5 heteroatoms. The molecule has 1 aliphatic heterocycles. The van der Waals surface area contributed by atoms with Gasteiger partial charge in [-0.3, -0.25) is 0 Å². The highest BCUT2D eigenvalue weighted by Crippen LogP contribution is 2.37. The summed E-state index contributed by atoms with van der Waals surface area (Å²) in [5.74, 6) is 0.721. The number of anilines is 1. The number of nitrogens with one attached hydrogen (secondary N) is 1. The number of amides is 2. The van der Waals surface area contributed by atoms with Crippen LogP contribution in [0.3, 0.4) is 0 Å². The van der Waals surface area contributed by atoms with Crippen LogP contribution in [0.4, 0.5) is 10.5 Å². The summed E-state index contributed by atoms with van der Waals surface area (Å²) in [7, 11) is 0. The first kappa shape index (κ1) is 11.8. The Kier molecular flexibility index (Phi) is 3.12. The Labute approximate surface area is 111 Å². The Hall–Kier alpha value is -1.29. The summed E-state index contributed by atoms with van der Waals surface area (Å²) in [6.07, 6.45) is 6.41. The molecule has 1 aliphatic carbocycles. The van der Waals surface area contributed by atoms with Crippen LogP contribution >= 0.6 is 11.6 Å². The topological polar surface area (TPSA) is 45.2 Å². The highest BCUT2D eigenvalue weighted by atomic mass is 35.5. The zero-order chi connectivity index (χ0) is 12.5. The molecule has 4 nitrogen and oxygen atoms in total. The fraction of sp³-hybridized carbons (Fsp3) is 0.538. The second kappa shape index (κ2) is 4.76. The largest absolute Gasteiger partial charge is 0.322 e. The number of carbonyl (C=O) groups excluding carboxylic acids is 1. The average Bonchev–Trinajstić information content (AvgIpc) is 2.93. The molecule has 18 heavy (non-hydrogen) atoms. The molecule has 0 bridgehead atoms. The number of pyridine rings is 1. The third-order valence-electron chi connectivity index (χ3n) is 4.00. The first-order chi connectivity index (χ1) is 8.74. The van der Waals surface area contributed by atoms with Crippen molar-refractivity contribution in [3.05, 3.63) is 23.5 Å². The predicted molar refractivity (Wildman–Crippen MR) is 70.7 cm³/mol. The molecule has 2 aliphatic rings. The van der Waals surface area contributed by atoms with Gasteiger partial charge in [-0.05, 0) is 37.3 Å². The molecule has 2 amide bonds. The molecular weight excluding hydrogens is 250 g/mol. The van der Waals surface area contributed by atoms with Crippen molar-refractivity contribution in [1.29, 1.82) is 0 Å². The van der Waals surface area contributed by atoms with Crippen LogP contribution < -0.4 is 5.32 Å². The van der Waals surface area contributed by atoms with Crippen molar-refractivity contribution in [2.75, 3.05) is 11.9 Å². The van der Waals surface area contributed by atoms with Gasteiger partial charge in [-0.15, -0.1) is 0 Å². The summed E-state index contributed by atoms with van der Waals surface area (Å²) in [4.78, 5) is 18.1. The molecule has 1 saturated heterocycles. The molecule has 1 aromatic heterocycles. The van der Waals surface area contributed by atoms with Crippen LogP contribution in [0.1, 0.15) is 25.7 Å². The minimum atomic E-state index is -0.00600. The summed E-state index contributed by atoms with van der Waals surface area (Å²) in [5, 5.41) is 3.32. The number of carbonyl (C=O) groups is 1. The van der Waals surface area contributed by atoms with Gasteiger partial charge in [0.25, 0.3) is 0 Å². The normalized spacial score (nSPS) is 26.2. The van der Waals surface area contributed by atoms with E-state index in [9.17, 15) is 4.79 Å². The van der Waals surface area contributed by atoms with E-state index in [1.54, 1.807) is 18.3 Å². The van der Waals surface area contributed by atoms with Crippen LogP contribution in [0, 0.1) is 5.92 Å². The lowest BCUT2D eigenvalue weighted by Gasteiger charge is -2.24. The fourth-order valence-electron chi connectivity index (χ4n) is 3.13. The minimum absolute atomic E-state index is 0.00600. The molecule has 2 atom stereocenters. The number of urea groups is 1. The van der Waals surface area contributed by atoms with E-state index in [4.69, 9.17) is 11.6 Å². The molecule has 2 unspecified atom stereocenters. The van der Waals surface area contributed by atoms with Crippen LogP contribution in [0.25, 0.3) is 0 Å². The molecule has 1 N–H and O–H groups in total. The highest BCUT2D eigenvalue weighted by Gasteiger charge is 2.39. The van der Waals surface area contributed by atoms with Gasteiger partial charge in [0, 0.05) is 12.6 Å². The number of rotatable bonds is 1. The Morgan fingerprint density at radius 2 is 2.28 bits per heavy atom. The molecule has 0 aromatic carbocycles. The molecule has 1 saturated carbocycles. The standard InChI is InChI=1S/C13H16ClN3O/c14-12-5-4-10(8-15-12)16-13(18)17-7-6-9-2-1-3-11(9)17/h4-5,8-9,11H,1-3,6-7H2,(H,16,18). The van der Waals surface area contributed by atoms with Crippen LogP contribution in [0.15, 0.2) is 18.3 Å². The number of halogens is 1. The van der Waals surface area contributed by atoms with Crippen molar-refractivity contribution >= 4 is 23.3 Å². The van der Waals surface area contributed by atoms with E-state index in [1.807, 2.05) is 4.90 Å². The maximum Gasteiger partial charge on any atom is 0.322 e. The van der Waals surface area contributed by atoms with Gasteiger partial charge < -0.3 is 10.2 Å². The third-order valence-corrected chi connectivity index (χ3v) is 4.22. The van der Waals surface area contributed by atoms with Crippen molar-refractivity contribution in [3.8, 4) is 0 Å². The van der Waals surface area contributed by atoms with Crippen molar-refractivity contribution in [3.63, 3.8) is 0 Å². The monoisotopic (exact) mass is 265 g/mol. The molecule has 96 valence electrons. The van der Waals surface area contributed by atoms with Gasteiger partial charge in [0.1, 0.15) is 5.15 Å². The Morgan fingerprint density at radius 1 is 1.39 bits per heavy atom. The van der Waals surface area contributed by atoms with E-state index in [-0.39, 0.29) is 6.03 Å². The van der Waals surface area contributed by atoms with Crippen LogP contribution in [0.5, 0.6) is 0 Å². The first-order valence-electron chi connectivity index (χ1n) is 6.43. The Morgan fingerprint density at radius 3 is 3.06 bits per heavy atom. The molecule has 0 radical (unpaired) electrons. The van der Waals surface area contributed by atoms with Gasteiger partial charge in [-0.2, -0.15) is 0 Å². The van der Waals surface area contributed by atoms with E-state index in [0.29, 0.717) is 16.9 Å². The number of likely N-dealkylation sites (tertiary alicyclic amines) is 1. The van der Waals surface area contributed by atoms with E-state index >= 15 is 0 Å². The van der Waals surface area contributed by atoms with Gasteiger partial charge in [-0.25, -0.2) is 9.78 Å². The Balaban J connectivity index is 1.66. The van der Waals surface area contributed by atoms with Gasteiger partial charge in [-0.1, -0.05) is 18.0 Å². The van der Waals surface area contributed by atoms with E-state index in [0.717, 1.165) is 25.3 Å².